The Hall–Kier alpha value is -7.69. The Kier molecular flexibility index (Phi) is 35.2. The minimum atomic E-state index is -0.200. The minimum Gasteiger partial charge on any atom is -0.493 e. The number of aryl methyl sites for hydroxylation is 2. The van der Waals surface area contributed by atoms with Crippen molar-refractivity contribution in [3.63, 3.8) is 0 Å². The molecule has 11 rings (SSSR count). The summed E-state index contributed by atoms with van der Waals surface area (Å²) in [7, 11) is 13.5. The van der Waals surface area contributed by atoms with Gasteiger partial charge in [-0.3, -0.25) is 4.79 Å². The second-order valence-corrected chi connectivity index (χ2v) is 33.8. The van der Waals surface area contributed by atoms with Crippen molar-refractivity contribution in [3.05, 3.63) is 237 Å². The van der Waals surface area contributed by atoms with Crippen LogP contribution >= 0.6 is 15.9 Å². The van der Waals surface area contributed by atoms with Crippen molar-refractivity contribution in [1.29, 1.82) is 0 Å². The number of benzene rings is 8. The van der Waals surface area contributed by atoms with Crippen LogP contribution < -0.4 is 14.4 Å². The normalized spacial score (nSPS) is 13.5. The molecule has 0 N–H and O–H groups in total. The van der Waals surface area contributed by atoms with E-state index in [4.69, 9.17) is 14.2 Å². The molecule has 1 heterocycles. The fourth-order valence-electron chi connectivity index (χ4n) is 11.6. The van der Waals surface area contributed by atoms with E-state index in [0.717, 1.165) is 35.7 Å². The van der Waals surface area contributed by atoms with Crippen LogP contribution in [-0.2, 0) is 39.2 Å². The lowest BCUT2D eigenvalue weighted by atomic mass is 9.82. The van der Waals surface area contributed by atoms with E-state index >= 15 is 0 Å². The van der Waals surface area contributed by atoms with Crippen molar-refractivity contribution in [2.24, 2.45) is 29.7 Å². The van der Waals surface area contributed by atoms with Gasteiger partial charge in [0.25, 0.3) is 0 Å². The second kappa shape index (κ2) is 40.5. The van der Waals surface area contributed by atoms with Gasteiger partial charge in [-0.05, 0) is 204 Å². The SMILES string of the molecule is C/C(=C\N(C)C)C(C)(C)C.CC.CC(C)(C)c1cc2ccccc2c2ccccc12.CC(C)c1ccc(F)c(Br)c1.CCOC(=O)C1CC1C(C)(C)C.CN(C)c1ccc(C(C)(C)C)cc1.COc1ccc(C(C)C)cc1OC.Cc1ccc2c(c1)Cc1ccccc1-2.Cn1ccnc1C(C)(C)C. The highest BCUT2D eigenvalue weighted by Crippen LogP contribution is 2.51. The predicted molar refractivity (Wildman–Crippen MR) is 449 cm³/mol. The first-order valence-corrected chi connectivity index (χ1v) is 37.8. The van der Waals surface area contributed by atoms with Crippen molar-refractivity contribution in [1.82, 2.24) is 14.5 Å². The number of carbonyl (C=O) groups is 1. The second-order valence-electron chi connectivity index (χ2n) is 32.9. The molecule has 103 heavy (non-hydrogen) atoms. The molecule has 0 radical (unpaired) electrons. The third-order valence-electron chi connectivity index (χ3n) is 18.1. The van der Waals surface area contributed by atoms with Crippen molar-refractivity contribution in [2.45, 2.75) is 207 Å². The van der Waals surface area contributed by atoms with E-state index in [9.17, 15) is 9.18 Å². The van der Waals surface area contributed by atoms with Gasteiger partial charge in [-0.15, -0.1) is 0 Å². The monoisotopic (exact) mass is 1470 g/mol. The Labute approximate surface area is 633 Å². The Balaban J connectivity index is 0.000000307. The van der Waals surface area contributed by atoms with Crippen LogP contribution in [0.25, 0.3) is 32.7 Å². The standard InChI is InChI=1S/C18H18.C14H12.C12H19N.C11H16O2.C10H18O2.C9H10BrF.C9H19N.C8H14N2.C2H6/c1-18(2,3)17-12-13-8-4-5-9-14(13)15-10-6-7-11-16(15)17;1-10-6-7-14-12(8-10)9-11-4-2-3-5-13(11)14;1-12(2,3)10-6-8-11(9-7-10)13(4)5;1-8(2)9-5-6-10(12-3)11(7-9)13-4;1-5-12-9(11)7-6-8(7)10(2,3)4;1-6(2)7-3-4-9(11)8(10)5-7;1-8(7-10(5)6)9(2,3)4;1-8(2,3)7-9-5-6-10(7)4;1-2/h4-12H,1-3H3;2-8H,9H2,1H3;6-9H,1-5H3;5-8H,1-4H3;7-8H,5-6H2,1-4H3;3-6H,1-2H3;7H,1-6H3;5-6H,1-4H3;1-2H3/b;;;;;;8-7+;;. The minimum absolute atomic E-state index is 0.00238. The molecule has 2 unspecified atom stereocenters. The van der Waals surface area contributed by atoms with Crippen LogP contribution in [0.4, 0.5) is 10.1 Å². The molecule has 1 aromatic heterocycles. The number of carbonyl (C=O) groups excluding carboxylic acids is 1. The van der Waals surface area contributed by atoms with Gasteiger partial charge in [-0.1, -0.05) is 272 Å². The quantitative estimate of drug-likeness (QED) is 0.111. The number of methoxy groups -OCH3 is 2. The first-order chi connectivity index (χ1) is 47.9. The summed E-state index contributed by atoms with van der Waals surface area (Å²) < 4.78 is 30.6. The lowest BCUT2D eigenvalue weighted by Gasteiger charge is -2.22. The zero-order valence-corrected chi connectivity index (χ0v) is 70.9. The average molecular weight is 1470 g/mol. The summed E-state index contributed by atoms with van der Waals surface area (Å²) in [6.45, 7) is 52.4. The number of esters is 1. The summed E-state index contributed by atoms with van der Waals surface area (Å²) in [4.78, 5) is 19.7. The van der Waals surface area contributed by atoms with Crippen LogP contribution in [-0.4, -0.2) is 69.4 Å². The number of anilines is 1. The fourth-order valence-corrected chi connectivity index (χ4v) is 12.0. The van der Waals surface area contributed by atoms with Crippen LogP contribution in [0.5, 0.6) is 11.5 Å². The Morgan fingerprint density at radius 3 is 1.62 bits per heavy atom. The average Bonchev–Trinajstić information content (AvgIpc) is 1.52. The molecule has 1 fully saturated rings. The van der Waals surface area contributed by atoms with Gasteiger partial charge in [0.05, 0.1) is 31.2 Å². The zero-order chi connectivity index (χ0) is 78.1. The molecule has 10 heteroatoms. The molecule has 0 bridgehead atoms. The number of allylic oxidation sites excluding steroid dienone is 1. The third kappa shape index (κ3) is 28.7. The van der Waals surface area contributed by atoms with Crippen LogP contribution in [0.2, 0.25) is 0 Å². The molecule has 8 nitrogen and oxygen atoms in total. The molecule has 2 atom stereocenters. The molecular weight excluding hydrogens is 1340 g/mol. The van der Waals surface area contributed by atoms with Crippen molar-refractivity contribution in [3.8, 4) is 22.6 Å². The topological polar surface area (TPSA) is 69.1 Å². The molecule has 0 spiro atoms. The summed E-state index contributed by atoms with van der Waals surface area (Å²) in [6.07, 6.45) is 8.09. The van der Waals surface area contributed by atoms with Gasteiger partial charge in [0.2, 0.25) is 0 Å². The summed E-state index contributed by atoms with van der Waals surface area (Å²) in [6, 6.07) is 55.0. The lowest BCUT2D eigenvalue weighted by molar-refractivity contribution is -0.145. The zero-order valence-electron chi connectivity index (χ0n) is 69.4. The number of nitrogens with zero attached hydrogens (tertiary/aromatic N) is 4. The Morgan fingerprint density at radius 1 is 0.631 bits per heavy atom. The largest absolute Gasteiger partial charge is 0.493 e. The molecule has 0 aliphatic heterocycles. The fraction of sp³-hybridized carbons (Fsp3) is 0.462. The lowest BCUT2D eigenvalue weighted by Crippen LogP contribution is -2.16. The molecule has 0 amide bonds. The molecular formula is C93H132BrFN4O4. The van der Waals surface area contributed by atoms with Gasteiger partial charge >= 0.3 is 5.97 Å². The Morgan fingerprint density at radius 2 is 1.17 bits per heavy atom. The number of imidazole rings is 1. The molecule has 8 aromatic carbocycles. The highest BCUT2D eigenvalue weighted by atomic mass is 79.9. The molecule has 9 aromatic rings. The van der Waals surface area contributed by atoms with E-state index in [1.165, 1.54) is 83.4 Å². The van der Waals surface area contributed by atoms with E-state index in [1.807, 2.05) is 64.5 Å². The van der Waals surface area contributed by atoms with Crippen LogP contribution in [0.15, 0.2) is 186 Å². The maximum absolute atomic E-state index is 12.7. The number of fused-ring (bicyclic) bond motifs is 6. The molecule has 1 saturated carbocycles. The first-order valence-electron chi connectivity index (χ1n) is 37.0. The highest BCUT2D eigenvalue weighted by Gasteiger charge is 2.50. The van der Waals surface area contributed by atoms with Gasteiger partial charge in [-0.25, -0.2) is 9.37 Å². The summed E-state index contributed by atoms with van der Waals surface area (Å²) >= 11 is 3.14. The predicted octanol–water partition coefficient (Wildman–Crippen LogP) is 25.9. The van der Waals surface area contributed by atoms with Gasteiger partial charge in [0, 0.05) is 58.7 Å². The third-order valence-corrected chi connectivity index (χ3v) is 18.7. The van der Waals surface area contributed by atoms with Gasteiger partial charge in [0.1, 0.15) is 11.6 Å². The number of halogens is 2. The van der Waals surface area contributed by atoms with E-state index in [2.05, 4.69) is 342 Å². The molecule has 2 aliphatic carbocycles. The highest BCUT2D eigenvalue weighted by molar-refractivity contribution is 9.10. The summed E-state index contributed by atoms with van der Waals surface area (Å²) in [5.74, 6) is 4.20. The number of hydrogen-bond acceptors (Lipinski definition) is 7. The first kappa shape index (κ1) is 89.5. The van der Waals surface area contributed by atoms with E-state index < -0.39 is 0 Å². The number of aromatic nitrogens is 2. The van der Waals surface area contributed by atoms with Crippen LogP contribution in [0.3, 0.4) is 0 Å². The maximum atomic E-state index is 12.7. The van der Waals surface area contributed by atoms with E-state index in [-0.39, 0.29) is 39.4 Å². The van der Waals surface area contributed by atoms with Crippen LogP contribution in [0.1, 0.15) is 222 Å². The molecule has 562 valence electrons. The number of ether oxygens (including phenoxy) is 3. The van der Waals surface area contributed by atoms with Gasteiger partial charge < -0.3 is 28.6 Å². The van der Waals surface area contributed by atoms with E-state index in [0.29, 0.717) is 34.2 Å². The molecule has 2 aliphatic rings. The van der Waals surface area contributed by atoms with Crippen molar-refractivity contribution < 1.29 is 23.4 Å². The van der Waals surface area contributed by atoms with Crippen LogP contribution in [0, 0.1) is 35.4 Å². The van der Waals surface area contributed by atoms with Crippen molar-refractivity contribution >= 4 is 49.1 Å². The smallest absolute Gasteiger partial charge is 0.309 e. The van der Waals surface area contributed by atoms with E-state index in [1.54, 1.807) is 14.2 Å². The van der Waals surface area contributed by atoms with Crippen molar-refractivity contribution in [2.75, 3.05) is 53.9 Å². The number of hydrogen-bond donors (Lipinski definition) is 0. The summed E-state index contributed by atoms with van der Waals surface area (Å²) in [5.41, 5.74) is 16.2. The maximum Gasteiger partial charge on any atom is 0.309 e. The molecule has 0 saturated heterocycles. The van der Waals surface area contributed by atoms with Gasteiger partial charge in [-0.2, -0.15) is 0 Å². The summed E-state index contributed by atoms with van der Waals surface area (Å²) in [5, 5.41) is 5.42. The van der Waals surface area contributed by atoms with Gasteiger partial charge in [0.15, 0.2) is 11.5 Å². The Bertz CT molecular complexity index is 4070. The number of rotatable bonds is 8.